The maximum absolute atomic E-state index is 13.4. The molecule has 2 saturated carbocycles. The predicted octanol–water partition coefficient (Wildman–Crippen LogP) is 6.50. The van der Waals surface area contributed by atoms with E-state index in [-0.39, 0.29) is 36.0 Å². The summed E-state index contributed by atoms with van der Waals surface area (Å²) in [5, 5.41) is 0. The van der Waals surface area contributed by atoms with Crippen molar-refractivity contribution in [2.45, 2.75) is 109 Å². The lowest BCUT2D eigenvalue weighted by molar-refractivity contribution is -0.270. The van der Waals surface area contributed by atoms with Gasteiger partial charge in [0.05, 0.1) is 0 Å². The Labute approximate surface area is 216 Å². The van der Waals surface area contributed by atoms with Gasteiger partial charge in [0.2, 0.25) is 0 Å². The van der Waals surface area contributed by atoms with Crippen molar-refractivity contribution in [1.29, 1.82) is 0 Å². The number of hydrogen-bond acceptors (Lipinski definition) is 5. The molecule has 1 aromatic rings. The lowest BCUT2D eigenvalue weighted by Gasteiger charge is -2.54. The monoisotopic (exact) mass is 494 g/mol. The van der Waals surface area contributed by atoms with Crippen LogP contribution in [0.3, 0.4) is 0 Å². The van der Waals surface area contributed by atoms with Gasteiger partial charge in [0, 0.05) is 24.8 Å². The molecule has 36 heavy (non-hydrogen) atoms. The van der Waals surface area contributed by atoms with Crippen molar-refractivity contribution in [1.82, 2.24) is 0 Å². The molecule has 5 nitrogen and oxygen atoms in total. The first-order valence-electron chi connectivity index (χ1n) is 14.1. The fraction of sp³-hybridized carbons (Fsp3) is 0.677. The molecule has 5 rings (SSSR count). The van der Waals surface area contributed by atoms with E-state index < -0.39 is 11.2 Å². The molecule has 2 aliphatic carbocycles. The van der Waals surface area contributed by atoms with Gasteiger partial charge in [-0.2, -0.15) is 0 Å². The van der Waals surface area contributed by atoms with E-state index in [2.05, 4.69) is 13.8 Å². The van der Waals surface area contributed by atoms with Gasteiger partial charge in [0.15, 0.2) is 0 Å². The Morgan fingerprint density at radius 1 is 1.06 bits per heavy atom. The standard InChI is InChI=1S/C31H42O5/c1-5-26(32)34-25-19-31(23-14-10-7-11-15-23)29(28-20(2)16-17-24(28)30(25,4)36-31)35-27(33)18-21(3)22-12-8-6-9-13-22/h6,8-9,12-13,18,20,23-25,28-29H,5,7,10-11,14-17,19H2,1-4H3/b21-18+/t20?,24-,25-,28?,29+,30+,31-/m1/s1. The van der Waals surface area contributed by atoms with Crippen molar-refractivity contribution in [3.8, 4) is 0 Å². The normalized spacial score (nSPS) is 38.4. The van der Waals surface area contributed by atoms with Crippen LogP contribution in [0.4, 0.5) is 0 Å². The van der Waals surface area contributed by atoms with Crippen LogP contribution < -0.4 is 0 Å². The number of benzene rings is 1. The number of fused-ring (bicyclic) bond motifs is 4. The molecule has 2 unspecified atom stereocenters. The Kier molecular flexibility index (Phi) is 7.06. The van der Waals surface area contributed by atoms with E-state index in [0.717, 1.165) is 36.8 Å². The number of hydrogen-bond donors (Lipinski definition) is 0. The minimum Gasteiger partial charge on any atom is -0.459 e. The number of ether oxygens (including phenoxy) is 3. The van der Waals surface area contributed by atoms with Gasteiger partial charge in [-0.3, -0.25) is 4.79 Å². The van der Waals surface area contributed by atoms with Crippen molar-refractivity contribution in [3.63, 3.8) is 0 Å². The average Bonchev–Trinajstić information content (AvgIpc) is 3.40. The molecule has 0 radical (unpaired) electrons. The van der Waals surface area contributed by atoms with Crippen LogP contribution in [0.5, 0.6) is 0 Å². The zero-order valence-electron chi connectivity index (χ0n) is 22.3. The summed E-state index contributed by atoms with van der Waals surface area (Å²) in [6, 6.07) is 9.95. The summed E-state index contributed by atoms with van der Waals surface area (Å²) in [4.78, 5) is 25.9. The Balaban J connectivity index is 1.52. The molecule has 4 aliphatic rings. The van der Waals surface area contributed by atoms with Gasteiger partial charge in [0.25, 0.3) is 0 Å². The summed E-state index contributed by atoms with van der Waals surface area (Å²) in [7, 11) is 0. The molecular formula is C31H42O5. The summed E-state index contributed by atoms with van der Waals surface area (Å²) in [6.07, 6.45) is 9.81. The van der Waals surface area contributed by atoms with Crippen LogP contribution in [-0.4, -0.2) is 35.3 Å². The molecular weight excluding hydrogens is 452 g/mol. The summed E-state index contributed by atoms with van der Waals surface area (Å²) in [5.74, 6) is 0.688. The lowest BCUT2D eigenvalue weighted by atomic mass is 9.66. The van der Waals surface area contributed by atoms with Crippen LogP contribution in [0.25, 0.3) is 5.57 Å². The van der Waals surface area contributed by atoms with Gasteiger partial charge < -0.3 is 14.2 Å². The van der Waals surface area contributed by atoms with Crippen LogP contribution in [0.15, 0.2) is 36.4 Å². The Morgan fingerprint density at radius 3 is 2.47 bits per heavy atom. The zero-order valence-corrected chi connectivity index (χ0v) is 22.3. The minimum atomic E-state index is -0.599. The zero-order chi connectivity index (χ0) is 25.5. The maximum Gasteiger partial charge on any atom is 0.331 e. The summed E-state index contributed by atoms with van der Waals surface area (Å²) < 4.78 is 19.8. The summed E-state index contributed by atoms with van der Waals surface area (Å²) in [5.41, 5.74) is 0.781. The van der Waals surface area contributed by atoms with Crippen LogP contribution in [0.2, 0.25) is 0 Å². The maximum atomic E-state index is 13.4. The van der Waals surface area contributed by atoms with E-state index in [1.807, 2.05) is 44.2 Å². The van der Waals surface area contributed by atoms with Crippen molar-refractivity contribution in [2.75, 3.05) is 0 Å². The van der Waals surface area contributed by atoms with Gasteiger partial charge in [0.1, 0.15) is 23.4 Å². The second-order valence-corrected chi connectivity index (χ2v) is 11.9. The highest BCUT2D eigenvalue weighted by Crippen LogP contribution is 2.64. The first-order chi connectivity index (χ1) is 17.3. The highest BCUT2D eigenvalue weighted by molar-refractivity contribution is 5.91. The number of carbonyl (C=O) groups excluding carboxylic acids is 2. The van der Waals surface area contributed by atoms with Gasteiger partial charge in [-0.25, -0.2) is 4.79 Å². The van der Waals surface area contributed by atoms with E-state index in [9.17, 15) is 9.59 Å². The topological polar surface area (TPSA) is 61.8 Å². The Morgan fingerprint density at radius 2 is 1.78 bits per heavy atom. The minimum absolute atomic E-state index is 0.172. The molecule has 4 fully saturated rings. The predicted molar refractivity (Wildman–Crippen MR) is 139 cm³/mol. The first kappa shape index (κ1) is 25.5. The lowest BCUT2D eigenvalue weighted by Crippen LogP contribution is -2.63. The largest absolute Gasteiger partial charge is 0.459 e. The highest BCUT2D eigenvalue weighted by atomic mass is 16.6. The number of carbonyl (C=O) groups is 2. The molecule has 0 amide bonds. The van der Waals surface area contributed by atoms with E-state index in [1.54, 1.807) is 6.08 Å². The molecule has 2 bridgehead atoms. The van der Waals surface area contributed by atoms with E-state index in [4.69, 9.17) is 14.2 Å². The Bertz CT molecular complexity index is 995. The average molecular weight is 495 g/mol. The van der Waals surface area contributed by atoms with Crippen LogP contribution in [0, 0.1) is 23.7 Å². The SMILES string of the molecule is CCC(=O)O[C@@H]1C[C@]2(C3CCCCC3)O[C@@]1(C)[C@@H]1CCC(C)C1[C@@H]2OC(=O)/C=C(\C)c1ccccc1. The van der Waals surface area contributed by atoms with Crippen molar-refractivity contribution in [3.05, 3.63) is 42.0 Å². The van der Waals surface area contributed by atoms with Crippen LogP contribution in [-0.2, 0) is 23.8 Å². The molecule has 2 saturated heterocycles. The molecule has 7 atom stereocenters. The van der Waals surface area contributed by atoms with E-state index >= 15 is 0 Å². The molecule has 5 heteroatoms. The third kappa shape index (κ3) is 4.31. The van der Waals surface area contributed by atoms with Gasteiger partial charge in [-0.05, 0) is 68.4 Å². The molecule has 0 aromatic heterocycles. The number of esters is 2. The fourth-order valence-electron chi connectivity index (χ4n) is 8.00. The molecule has 0 N–H and O–H groups in total. The number of rotatable bonds is 6. The van der Waals surface area contributed by atoms with Crippen LogP contribution in [0.1, 0.15) is 91.0 Å². The fourth-order valence-corrected chi connectivity index (χ4v) is 8.00. The Hall–Kier alpha value is -2.14. The second kappa shape index (κ2) is 9.96. The first-order valence-corrected chi connectivity index (χ1v) is 14.1. The molecule has 2 heterocycles. The smallest absolute Gasteiger partial charge is 0.331 e. The molecule has 196 valence electrons. The van der Waals surface area contributed by atoms with Crippen molar-refractivity contribution in [2.24, 2.45) is 23.7 Å². The van der Waals surface area contributed by atoms with Gasteiger partial charge >= 0.3 is 11.9 Å². The third-order valence-corrected chi connectivity index (χ3v) is 9.84. The summed E-state index contributed by atoms with van der Waals surface area (Å²) in [6.45, 7) is 8.26. The molecule has 2 aliphatic heterocycles. The van der Waals surface area contributed by atoms with Crippen LogP contribution >= 0.6 is 0 Å². The van der Waals surface area contributed by atoms with Gasteiger partial charge in [-0.1, -0.05) is 63.4 Å². The van der Waals surface area contributed by atoms with E-state index in [1.165, 1.54) is 19.3 Å². The molecule has 1 aromatic carbocycles. The third-order valence-electron chi connectivity index (χ3n) is 9.84. The van der Waals surface area contributed by atoms with Gasteiger partial charge in [-0.15, -0.1) is 0 Å². The molecule has 0 spiro atoms. The highest BCUT2D eigenvalue weighted by Gasteiger charge is 2.73. The number of allylic oxidation sites excluding steroid dienone is 1. The second-order valence-electron chi connectivity index (χ2n) is 11.9. The van der Waals surface area contributed by atoms with Crippen molar-refractivity contribution < 1.29 is 23.8 Å². The van der Waals surface area contributed by atoms with Crippen molar-refractivity contribution >= 4 is 17.5 Å². The van der Waals surface area contributed by atoms with E-state index in [0.29, 0.717) is 24.7 Å². The summed E-state index contributed by atoms with van der Waals surface area (Å²) >= 11 is 0. The quantitative estimate of drug-likeness (QED) is 0.334.